The van der Waals surface area contributed by atoms with Gasteiger partial charge in [-0.05, 0) is 41.7 Å². The fourth-order valence-corrected chi connectivity index (χ4v) is 2.92. The summed E-state index contributed by atoms with van der Waals surface area (Å²) in [6, 6.07) is 18.0. The van der Waals surface area contributed by atoms with Gasteiger partial charge in [-0.2, -0.15) is 10.5 Å². The SMILES string of the molecule is CCCCCCCCc1ccc(-c2ccc(C#N)cc2C#N)cc1. The van der Waals surface area contributed by atoms with Crippen molar-refractivity contribution in [3.8, 4) is 23.3 Å². The highest BCUT2D eigenvalue weighted by molar-refractivity contribution is 5.71. The molecule has 0 amide bonds. The minimum atomic E-state index is 0.523. The van der Waals surface area contributed by atoms with Crippen LogP contribution in [0.3, 0.4) is 0 Å². The molecule has 0 atom stereocenters. The number of nitrogens with zero attached hydrogens (tertiary/aromatic N) is 2. The number of aryl methyl sites for hydroxylation is 1. The molecule has 2 rings (SSSR count). The summed E-state index contributed by atoms with van der Waals surface area (Å²) in [7, 11) is 0. The molecule has 0 N–H and O–H groups in total. The average Bonchev–Trinajstić information content (AvgIpc) is 2.64. The Hall–Kier alpha value is -2.58. The zero-order chi connectivity index (χ0) is 17.2. The van der Waals surface area contributed by atoms with Gasteiger partial charge in [0, 0.05) is 0 Å². The third kappa shape index (κ3) is 4.97. The van der Waals surface area contributed by atoms with Crippen molar-refractivity contribution >= 4 is 0 Å². The normalized spacial score (nSPS) is 10.1. The van der Waals surface area contributed by atoms with Crippen LogP contribution in [0.4, 0.5) is 0 Å². The van der Waals surface area contributed by atoms with Crippen LogP contribution in [0.15, 0.2) is 42.5 Å². The van der Waals surface area contributed by atoms with Crippen molar-refractivity contribution in [3.05, 3.63) is 59.2 Å². The molecule has 0 spiro atoms. The highest BCUT2D eigenvalue weighted by atomic mass is 14.3. The maximum Gasteiger partial charge on any atom is 0.0998 e. The van der Waals surface area contributed by atoms with Crippen LogP contribution in [-0.2, 0) is 6.42 Å². The summed E-state index contributed by atoms with van der Waals surface area (Å²) in [5, 5.41) is 18.2. The van der Waals surface area contributed by atoms with E-state index in [-0.39, 0.29) is 0 Å². The van der Waals surface area contributed by atoms with Crippen molar-refractivity contribution in [2.24, 2.45) is 0 Å². The van der Waals surface area contributed by atoms with Crippen molar-refractivity contribution in [1.82, 2.24) is 0 Å². The van der Waals surface area contributed by atoms with Gasteiger partial charge < -0.3 is 0 Å². The molecule has 0 unspecified atom stereocenters. The Morgan fingerprint density at radius 1 is 0.792 bits per heavy atom. The molecule has 0 saturated heterocycles. The second-order valence-electron chi connectivity index (χ2n) is 6.20. The molecule has 0 aliphatic rings. The van der Waals surface area contributed by atoms with Gasteiger partial charge >= 0.3 is 0 Å². The van der Waals surface area contributed by atoms with Crippen molar-refractivity contribution in [2.75, 3.05) is 0 Å². The lowest BCUT2D eigenvalue weighted by Gasteiger charge is -2.07. The molecule has 2 heteroatoms. The number of rotatable bonds is 8. The molecular formula is C22H24N2. The first-order valence-electron chi connectivity index (χ1n) is 8.82. The fourth-order valence-electron chi connectivity index (χ4n) is 2.92. The average molecular weight is 316 g/mol. The number of benzene rings is 2. The van der Waals surface area contributed by atoms with Gasteiger partial charge in [0.2, 0.25) is 0 Å². The van der Waals surface area contributed by atoms with Crippen LogP contribution < -0.4 is 0 Å². The monoisotopic (exact) mass is 316 g/mol. The van der Waals surface area contributed by atoms with Crippen LogP contribution in [0.25, 0.3) is 11.1 Å². The summed E-state index contributed by atoms with van der Waals surface area (Å²) in [5.41, 5.74) is 4.35. The first kappa shape index (κ1) is 17.8. The van der Waals surface area contributed by atoms with Crippen LogP contribution in [0.5, 0.6) is 0 Å². The van der Waals surface area contributed by atoms with Crippen LogP contribution >= 0.6 is 0 Å². The number of hydrogen-bond donors (Lipinski definition) is 0. The molecule has 122 valence electrons. The molecule has 0 heterocycles. The molecule has 0 aliphatic carbocycles. The highest BCUT2D eigenvalue weighted by Gasteiger charge is 2.06. The van der Waals surface area contributed by atoms with Crippen LogP contribution in [0.2, 0.25) is 0 Å². The summed E-state index contributed by atoms with van der Waals surface area (Å²) < 4.78 is 0. The maximum absolute atomic E-state index is 9.30. The van der Waals surface area contributed by atoms with E-state index < -0.39 is 0 Å². The van der Waals surface area contributed by atoms with Gasteiger partial charge in [-0.3, -0.25) is 0 Å². The molecule has 0 aliphatic heterocycles. The van der Waals surface area contributed by atoms with E-state index in [0.29, 0.717) is 11.1 Å². The molecule has 2 aromatic rings. The van der Waals surface area contributed by atoms with Gasteiger partial charge in [0.25, 0.3) is 0 Å². The van der Waals surface area contributed by atoms with Gasteiger partial charge in [-0.1, -0.05) is 69.4 Å². The lowest BCUT2D eigenvalue weighted by atomic mass is 9.96. The minimum absolute atomic E-state index is 0.523. The van der Waals surface area contributed by atoms with Gasteiger partial charge in [-0.25, -0.2) is 0 Å². The Morgan fingerprint density at radius 3 is 2.17 bits per heavy atom. The number of hydrogen-bond acceptors (Lipinski definition) is 2. The first-order chi connectivity index (χ1) is 11.8. The topological polar surface area (TPSA) is 47.6 Å². The summed E-state index contributed by atoms with van der Waals surface area (Å²) in [5.74, 6) is 0. The van der Waals surface area contributed by atoms with Crippen molar-refractivity contribution in [2.45, 2.75) is 51.9 Å². The second kappa shape index (κ2) is 9.53. The molecule has 2 nitrogen and oxygen atoms in total. The Kier molecular flexibility index (Phi) is 7.06. The molecule has 0 fully saturated rings. The summed E-state index contributed by atoms with van der Waals surface area (Å²) in [4.78, 5) is 0. The van der Waals surface area contributed by atoms with Crippen molar-refractivity contribution < 1.29 is 0 Å². The van der Waals surface area contributed by atoms with E-state index >= 15 is 0 Å². The Morgan fingerprint density at radius 2 is 1.50 bits per heavy atom. The van der Waals surface area contributed by atoms with E-state index in [4.69, 9.17) is 5.26 Å². The Bertz CT molecular complexity index is 730. The van der Waals surface area contributed by atoms with E-state index in [1.807, 2.05) is 6.07 Å². The predicted molar refractivity (Wildman–Crippen MR) is 98.4 cm³/mol. The van der Waals surface area contributed by atoms with Crippen molar-refractivity contribution in [3.63, 3.8) is 0 Å². The fraction of sp³-hybridized carbons (Fsp3) is 0.364. The Labute approximate surface area is 145 Å². The van der Waals surface area contributed by atoms with E-state index in [0.717, 1.165) is 17.5 Å². The molecule has 2 aromatic carbocycles. The smallest absolute Gasteiger partial charge is 0.0998 e. The van der Waals surface area contributed by atoms with E-state index in [1.165, 1.54) is 44.1 Å². The zero-order valence-electron chi connectivity index (χ0n) is 14.4. The Balaban J connectivity index is 1.97. The van der Waals surface area contributed by atoms with Gasteiger partial charge in [0.1, 0.15) is 0 Å². The lowest BCUT2D eigenvalue weighted by molar-refractivity contribution is 0.607. The molecule has 0 aromatic heterocycles. The first-order valence-corrected chi connectivity index (χ1v) is 8.82. The predicted octanol–water partition coefficient (Wildman–Crippen LogP) is 6.00. The summed E-state index contributed by atoms with van der Waals surface area (Å²) in [6.45, 7) is 2.24. The number of unbranched alkanes of at least 4 members (excludes halogenated alkanes) is 5. The highest BCUT2D eigenvalue weighted by Crippen LogP contribution is 2.25. The minimum Gasteiger partial charge on any atom is -0.192 e. The van der Waals surface area contributed by atoms with Crippen LogP contribution in [-0.4, -0.2) is 0 Å². The van der Waals surface area contributed by atoms with Crippen LogP contribution in [0.1, 0.15) is 62.1 Å². The number of nitriles is 2. The van der Waals surface area contributed by atoms with Gasteiger partial charge in [0.05, 0.1) is 23.3 Å². The molecule has 0 bridgehead atoms. The third-order valence-corrected chi connectivity index (χ3v) is 4.35. The third-order valence-electron chi connectivity index (χ3n) is 4.35. The van der Waals surface area contributed by atoms with Crippen LogP contribution in [0, 0.1) is 22.7 Å². The quantitative estimate of drug-likeness (QED) is 0.561. The zero-order valence-corrected chi connectivity index (χ0v) is 14.4. The largest absolute Gasteiger partial charge is 0.192 e. The summed E-state index contributed by atoms with van der Waals surface area (Å²) in [6.07, 6.45) is 8.99. The molecule has 0 saturated carbocycles. The van der Waals surface area contributed by atoms with Gasteiger partial charge in [0.15, 0.2) is 0 Å². The molecule has 24 heavy (non-hydrogen) atoms. The summed E-state index contributed by atoms with van der Waals surface area (Å²) >= 11 is 0. The van der Waals surface area contributed by atoms with Crippen molar-refractivity contribution in [1.29, 1.82) is 10.5 Å². The maximum atomic E-state index is 9.30. The lowest BCUT2D eigenvalue weighted by Crippen LogP contribution is -1.89. The second-order valence-corrected chi connectivity index (χ2v) is 6.20. The van der Waals surface area contributed by atoms with E-state index in [9.17, 15) is 5.26 Å². The van der Waals surface area contributed by atoms with E-state index in [1.54, 1.807) is 12.1 Å². The standard InChI is InChI=1S/C22H24N2/c1-2-3-4-5-6-7-8-18-9-12-20(13-10-18)22-14-11-19(16-23)15-21(22)17-24/h9-15H,2-8H2,1H3. The molecular weight excluding hydrogens is 292 g/mol. The van der Waals surface area contributed by atoms with Gasteiger partial charge in [-0.15, -0.1) is 0 Å². The molecule has 0 radical (unpaired) electrons. The van der Waals surface area contributed by atoms with E-state index in [2.05, 4.69) is 43.3 Å².